The molecule has 0 atom stereocenters. The van der Waals surface area contributed by atoms with Crippen LogP contribution in [0.4, 0.5) is 0 Å². The van der Waals surface area contributed by atoms with Crippen molar-refractivity contribution in [3.63, 3.8) is 0 Å². The van der Waals surface area contributed by atoms with Gasteiger partial charge < -0.3 is 0 Å². The highest BCUT2D eigenvalue weighted by atomic mass is 32.2. The molecule has 1 aliphatic heterocycles. The summed E-state index contributed by atoms with van der Waals surface area (Å²) in [7, 11) is 0. The molecule has 0 saturated carbocycles. The molecule has 1 heterocycles. The minimum atomic E-state index is 0.486. The first-order chi connectivity index (χ1) is 3.30. The second-order valence-corrected chi connectivity index (χ2v) is 2.43. The van der Waals surface area contributed by atoms with Gasteiger partial charge in [-0.15, -0.1) is 0 Å². The monoisotopic (exact) mass is 117 g/mol. The number of nitrogens with one attached hydrogen (secondary N) is 1. The molecule has 1 fully saturated rings. The van der Waals surface area contributed by atoms with Crippen molar-refractivity contribution in [2.75, 3.05) is 12.3 Å². The van der Waals surface area contributed by atoms with Crippen molar-refractivity contribution in [1.82, 2.24) is 5.01 Å². The molecule has 1 rings (SSSR count). The van der Waals surface area contributed by atoms with Gasteiger partial charge in [0.2, 0.25) is 0 Å². The largest absolute Gasteiger partial charge is 0.289 e. The number of hydrogen-bond donors (Lipinski definition) is 2. The van der Waals surface area contributed by atoms with Crippen molar-refractivity contribution in [2.24, 2.45) is 5.84 Å². The van der Waals surface area contributed by atoms with Gasteiger partial charge in [0.1, 0.15) is 0 Å². The number of amidine groups is 1. The van der Waals surface area contributed by atoms with Crippen LogP contribution in [0.15, 0.2) is 0 Å². The zero-order valence-corrected chi connectivity index (χ0v) is 4.66. The van der Waals surface area contributed by atoms with Crippen LogP contribution >= 0.6 is 11.8 Å². The first-order valence-electron chi connectivity index (χ1n) is 2.04. The van der Waals surface area contributed by atoms with Crippen molar-refractivity contribution in [2.45, 2.75) is 0 Å². The standard InChI is InChI=1S/C3H7N3S/c4-3-6(5)1-2-7-3/h4H,1-2,5H2. The molecule has 3 nitrogen and oxygen atoms in total. The summed E-state index contributed by atoms with van der Waals surface area (Å²) >= 11 is 1.49. The number of hydrazine groups is 1. The first-order valence-corrected chi connectivity index (χ1v) is 3.03. The molecule has 3 N–H and O–H groups in total. The van der Waals surface area contributed by atoms with Gasteiger partial charge in [-0.3, -0.25) is 10.4 Å². The van der Waals surface area contributed by atoms with Crippen LogP contribution in [0.5, 0.6) is 0 Å². The summed E-state index contributed by atoms with van der Waals surface area (Å²) in [6, 6.07) is 0. The quantitative estimate of drug-likeness (QED) is 0.434. The van der Waals surface area contributed by atoms with Crippen molar-refractivity contribution >= 4 is 16.9 Å². The number of hydrogen-bond acceptors (Lipinski definition) is 3. The third-order valence-electron chi connectivity index (χ3n) is 0.832. The number of thioether (sulfide) groups is 1. The van der Waals surface area contributed by atoms with Crippen LogP contribution in [0.1, 0.15) is 0 Å². The van der Waals surface area contributed by atoms with Crippen LogP contribution in [-0.2, 0) is 0 Å². The molecule has 0 radical (unpaired) electrons. The maximum atomic E-state index is 7.02. The zero-order valence-electron chi connectivity index (χ0n) is 3.85. The third-order valence-corrected chi connectivity index (χ3v) is 1.73. The van der Waals surface area contributed by atoms with E-state index in [1.165, 1.54) is 16.8 Å². The third kappa shape index (κ3) is 0.863. The maximum Gasteiger partial charge on any atom is 0.170 e. The predicted octanol–water partition coefficient (Wildman–Crippen LogP) is -0.156. The molecule has 0 aromatic rings. The fraction of sp³-hybridized carbons (Fsp3) is 0.667. The van der Waals surface area contributed by atoms with Gasteiger partial charge >= 0.3 is 0 Å². The van der Waals surface area contributed by atoms with Gasteiger partial charge in [0.15, 0.2) is 5.17 Å². The Hall–Kier alpha value is -0.220. The normalized spacial score (nSPS) is 21.3. The van der Waals surface area contributed by atoms with E-state index in [2.05, 4.69) is 0 Å². The van der Waals surface area contributed by atoms with Crippen molar-refractivity contribution in [3.8, 4) is 0 Å². The van der Waals surface area contributed by atoms with Gasteiger partial charge in [0.05, 0.1) is 0 Å². The summed E-state index contributed by atoms with van der Waals surface area (Å²) in [5.41, 5.74) is 0. The molecule has 0 aliphatic carbocycles. The van der Waals surface area contributed by atoms with Crippen molar-refractivity contribution in [3.05, 3.63) is 0 Å². The van der Waals surface area contributed by atoms with E-state index < -0.39 is 0 Å². The Balaban J connectivity index is 2.48. The van der Waals surface area contributed by atoms with Crippen LogP contribution in [0.3, 0.4) is 0 Å². The van der Waals surface area contributed by atoms with E-state index in [4.69, 9.17) is 11.3 Å². The van der Waals surface area contributed by atoms with E-state index in [9.17, 15) is 0 Å². The van der Waals surface area contributed by atoms with Crippen LogP contribution in [0.25, 0.3) is 0 Å². The highest BCUT2D eigenvalue weighted by molar-refractivity contribution is 8.14. The molecule has 40 valence electrons. The molecule has 0 amide bonds. The fourth-order valence-electron chi connectivity index (χ4n) is 0.425. The highest BCUT2D eigenvalue weighted by Gasteiger charge is 2.12. The van der Waals surface area contributed by atoms with E-state index in [1.807, 2.05) is 0 Å². The molecule has 0 unspecified atom stereocenters. The Kier molecular flexibility index (Phi) is 1.21. The van der Waals surface area contributed by atoms with Gasteiger partial charge in [-0.1, -0.05) is 11.8 Å². The molecule has 0 aromatic carbocycles. The van der Waals surface area contributed by atoms with E-state index >= 15 is 0 Å². The van der Waals surface area contributed by atoms with Gasteiger partial charge in [-0.25, -0.2) is 5.84 Å². The van der Waals surface area contributed by atoms with Crippen molar-refractivity contribution < 1.29 is 0 Å². The minimum Gasteiger partial charge on any atom is -0.289 e. The van der Waals surface area contributed by atoms with Crippen LogP contribution < -0.4 is 5.84 Å². The van der Waals surface area contributed by atoms with E-state index in [0.717, 1.165) is 12.3 Å². The second kappa shape index (κ2) is 1.71. The molecule has 0 spiro atoms. The molecule has 4 heteroatoms. The van der Waals surface area contributed by atoms with Gasteiger partial charge in [0.25, 0.3) is 0 Å². The summed E-state index contributed by atoms with van der Waals surface area (Å²) in [5.74, 6) is 6.23. The molecule has 1 aliphatic rings. The summed E-state index contributed by atoms with van der Waals surface area (Å²) < 4.78 is 0. The summed E-state index contributed by atoms with van der Waals surface area (Å²) in [4.78, 5) is 0. The minimum absolute atomic E-state index is 0.486. The predicted molar refractivity (Wildman–Crippen MR) is 31.1 cm³/mol. The lowest BCUT2D eigenvalue weighted by molar-refractivity contribution is 0.487. The first kappa shape index (κ1) is 4.93. The molecular weight excluding hydrogens is 110 g/mol. The van der Waals surface area contributed by atoms with Gasteiger partial charge in [0, 0.05) is 12.3 Å². The Morgan fingerprint density at radius 3 is 2.71 bits per heavy atom. The SMILES string of the molecule is N=C1SCCN1N. The van der Waals surface area contributed by atoms with Crippen LogP contribution in [-0.4, -0.2) is 22.5 Å². The molecule has 7 heavy (non-hydrogen) atoms. The second-order valence-electron chi connectivity index (χ2n) is 1.35. The van der Waals surface area contributed by atoms with Gasteiger partial charge in [-0.05, 0) is 0 Å². The van der Waals surface area contributed by atoms with E-state index in [1.54, 1.807) is 0 Å². The van der Waals surface area contributed by atoms with E-state index in [0.29, 0.717) is 5.17 Å². The number of rotatable bonds is 0. The topological polar surface area (TPSA) is 53.1 Å². The summed E-state index contributed by atoms with van der Waals surface area (Å²) in [6.07, 6.45) is 0. The Labute approximate surface area is 46.3 Å². The number of nitrogens with zero attached hydrogens (tertiary/aromatic N) is 1. The lowest BCUT2D eigenvalue weighted by Crippen LogP contribution is -2.30. The lowest BCUT2D eigenvalue weighted by atomic mass is 10.7. The molecule has 0 bridgehead atoms. The molecule has 1 saturated heterocycles. The van der Waals surface area contributed by atoms with Gasteiger partial charge in [-0.2, -0.15) is 0 Å². The van der Waals surface area contributed by atoms with E-state index in [-0.39, 0.29) is 0 Å². The Bertz CT molecular complexity index is 92.2. The Morgan fingerprint density at radius 1 is 1.86 bits per heavy atom. The summed E-state index contributed by atoms with van der Waals surface area (Å²) in [6.45, 7) is 0.823. The average Bonchev–Trinajstić information content (AvgIpc) is 1.91. The fourth-order valence-corrected chi connectivity index (χ4v) is 1.16. The molecular formula is C3H7N3S. The highest BCUT2D eigenvalue weighted by Crippen LogP contribution is 2.10. The van der Waals surface area contributed by atoms with Crippen LogP contribution in [0.2, 0.25) is 0 Å². The summed E-state index contributed by atoms with van der Waals surface area (Å²) in [5, 5.41) is 8.95. The smallest absolute Gasteiger partial charge is 0.170 e. The average molecular weight is 117 g/mol. The zero-order chi connectivity index (χ0) is 5.28. The van der Waals surface area contributed by atoms with Crippen molar-refractivity contribution in [1.29, 1.82) is 5.41 Å². The Morgan fingerprint density at radius 2 is 2.57 bits per heavy atom. The van der Waals surface area contributed by atoms with Crippen LogP contribution in [0, 0.1) is 5.41 Å². The maximum absolute atomic E-state index is 7.02. The molecule has 0 aromatic heterocycles. The number of nitrogens with two attached hydrogens (primary N) is 1. The lowest BCUT2D eigenvalue weighted by Gasteiger charge is -2.04.